The molecular formula is C20H21FN2O3S. The van der Waals surface area contributed by atoms with Gasteiger partial charge in [-0.3, -0.25) is 4.79 Å². The minimum absolute atomic E-state index is 0.0383. The molecule has 5 nitrogen and oxygen atoms in total. The summed E-state index contributed by atoms with van der Waals surface area (Å²) >= 11 is 0. The molecule has 2 aromatic rings. The topological polar surface area (TPSA) is 57.7 Å². The van der Waals surface area contributed by atoms with E-state index in [1.54, 1.807) is 17.1 Å². The van der Waals surface area contributed by atoms with Crippen LogP contribution in [0.25, 0.3) is 6.08 Å². The highest BCUT2D eigenvalue weighted by Crippen LogP contribution is 2.24. The van der Waals surface area contributed by atoms with Gasteiger partial charge in [0.25, 0.3) is 0 Å². The summed E-state index contributed by atoms with van der Waals surface area (Å²) in [6, 6.07) is 13.5. The molecule has 0 atom stereocenters. The van der Waals surface area contributed by atoms with E-state index in [1.165, 1.54) is 12.1 Å². The molecule has 0 spiro atoms. The van der Waals surface area contributed by atoms with E-state index in [-0.39, 0.29) is 10.8 Å². The van der Waals surface area contributed by atoms with Gasteiger partial charge >= 0.3 is 0 Å². The lowest BCUT2D eigenvalue weighted by Crippen LogP contribution is -2.48. The van der Waals surface area contributed by atoms with Crippen LogP contribution in [0, 0.1) is 5.82 Å². The number of piperazine rings is 1. The fourth-order valence-corrected chi connectivity index (χ4v) is 3.61. The van der Waals surface area contributed by atoms with Crippen LogP contribution >= 0.6 is 0 Å². The van der Waals surface area contributed by atoms with Crippen LogP contribution in [0.1, 0.15) is 5.56 Å². The fourth-order valence-electron chi connectivity index (χ4n) is 2.98. The predicted octanol–water partition coefficient (Wildman–Crippen LogP) is 2.59. The second kappa shape index (κ2) is 7.92. The van der Waals surface area contributed by atoms with E-state index >= 15 is 0 Å². The smallest absolute Gasteiger partial charge is 0.246 e. The number of carbonyl (C=O) groups excluding carboxylic acids is 1. The van der Waals surface area contributed by atoms with Gasteiger partial charge in [-0.2, -0.15) is 0 Å². The summed E-state index contributed by atoms with van der Waals surface area (Å²) in [7, 11) is -3.44. The number of nitrogens with zero attached hydrogens (tertiary/aromatic N) is 2. The third kappa shape index (κ3) is 4.74. The molecule has 0 aliphatic carbocycles. The second-order valence-corrected chi connectivity index (χ2v) is 8.46. The number of benzene rings is 2. The molecule has 0 radical (unpaired) electrons. The lowest BCUT2D eigenvalue weighted by molar-refractivity contribution is -0.126. The van der Waals surface area contributed by atoms with Crippen LogP contribution in [0.5, 0.6) is 0 Å². The van der Waals surface area contributed by atoms with Gasteiger partial charge in [0.05, 0.1) is 10.6 Å². The van der Waals surface area contributed by atoms with E-state index < -0.39 is 15.7 Å². The van der Waals surface area contributed by atoms with E-state index in [1.807, 2.05) is 35.2 Å². The Morgan fingerprint density at radius 3 is 2.30 bits per heavy atom. The summed E-state index contributed by atoms with van der Waals surface area (Å²) in [4.78, 5) is 15.8. The number of hydrogen-bond acceptors (Lipinski definition) is 4. The van der Waals surface area contributed by atoms with Crippen molar-refractivity contribution < 1.29 is 17.6 Å². The second-order valence-electron chi connectivity index (χ2n) is 6.44. The van der Waals surface area contributed by atoms with E-state index in [0.29, 0.717) is 31.9 Å². The molecule has 1 heterocycles. The van der Waals surface area contributed by atoms with Crippen LogP contribution in [0.2, 0.25) is 0 Å². The van der Waals surface area contributed by atoms with Gasteiger partial charge in [-0.15, -0.1) is 0 Å². The molecule has 2 aromatic carbocycles. The molecule has 0 N–H and O–H groups in total. The van der Waals surface area contributed by atoms with Crippen LogP contribution in [-0.2, 0) is 14.6 Å². The maximum Gasteiger partial charge on any atom is 0.246 e. The van der Waals surface area contributed by atoms with Crippen LogP contribution in [0.15, 0.2) is 59.5 Å². The van der Waals surface area contributed by atoms with Crippen molar-refractivity contribution in [3.63, 3.8) is 0 Å². The summed E-state index contributed by atoms with van der Waals surface area (Å²) < 4.78 is 37.4. The SMILES string of the molecule is CS(=O)(=O)c1ccc(N2CCN(C(=O)/C=C/c3ccccc3)CC2)c(F)c1. The highest BCUT2D eigenvalue weighted by Gasteiger charge is 2.22. The summed E-state index contributed by atoms with van der Waals surface area (Å²) in [6.45, 7) is 1.93. The van der Waals surface area contributed by atoms with Gasteiger partial charge in [0.2, 0.25) is 5.91 Å². The third-order valence-corrected chi connectivity index (χ3v) is 5.61. The first-order valence-corrected chi connectivity index (χ1v) is 10.5. The summed E-state index contributed by atoms with van der Waals surface area (Å²) in [6.07, 6.45) is 4.37. The third-order valence-electron chi connectivity index (χ3n) is 4.50. The first-order valence-electron chi connectivity index (χ1n) is 8.61. The average Bonchev–Trinajstić information content (AvgIpc) is 2.66. The Morgan fingerprint density at radius 1 is 1.04 bits per heavy atom. The zero-order valence-corrected chi connectivity index (χ0v) is 15.8. The summed E-state index contributed by atoms with van der Waals surface area (Å²) in [5, 5.41) is 0. The van der Waals surface area contributed by atoms with Crippen molar-refractivity contribution in [1.82, 2.24) is 4.90 Å². The zero-order valence-electron chi connectivity index (χ0n) is 15.0. The molecule has 3 rings (SSSR count). The van der Waals surface area contributed by atoms with E-state index in [9.17, 15) is 17.6 Å². The molecular weight excluding hydrogens is 367 g/mol. The molecule has 1 aliphatic rings. The maximum atomic E-state index is 14.3. The van der Waals surface area contributed by atoms with Crippen LogP contribution in [0.3, 0.4) is 0 Å². The molecule has 1 fully saturated rings. The Hall–Kier alpha value is -2.67. The number of amides is 1. The van der Waals surface area contributed by atoms with Gasteiger partial charge in [-0.25, -0.2) is 12.8 Å². The number of rotatable bonds is 4. The van der Waals surface area contributed by atoms with Crippen LogP contribution < -0.4 is 4.90 Å². The molecule has 0 saturated carbocycles. The summed E-state index contributed by atoms with van der Waals surface area (Å²) in [5.41, 5.74) is 1.31. The Kier molecular flexibility index (Phi) is 5.60. The van der Waals surface area contributed by atoms with Gasteiger partial charge in [-0.1, -0.05) is 30.3 Å². The van der Waals surface area contributed by atoms with Crippen LogP contribution in [-0.4, -0.2) is 51.7 Å². The standard InChI is InChI=1S/C20H21FN2O3S/c1-27(25,26)17-8-9-19(18(21)15-17)22-11-13-23(14-12-22)20(24)10-7-16-5-3-2-4-6-16/h2-10,15H,11-14H2,1H3/b10-7+. The normalized spacial score (nSPS) is 15.3. The molecule has 1 aliphatic heterocycles. The number of anilines is 1. The van der Waals surface area contributed by atoms with Gasteiger partial charge in [0.15, 0.2) is 9.84 Å². The Balaban J connectivity index is 1.62. The van der Waals surface area contributed by atoms with E-state index in [4.69, 9.17) is 0 Å². The highest BCUT2D eigenvalue weighted by atomic mass is 32.2. The molecule has 27 heavy (non-hydrogen) atoms. The van der Waals surface area contributed by atoms with Crippen molar-refractivity contribution >= 4 is 27.5 Å². The van der Waals surface area contributed by atoms with Crippen molar-refractivity contribution in [2.75, 3.05) is 37.3 Å². The van der Waals surface area contributed by atoms with Crippen molar-refractivity contribution in [3.05, 3.63) is 66.0 Å². The molecule has 0 unspecified atom stereocenters. The number of sulfone groups is 1. The first kappa shape index (κ1) is 19.1. The predicted molar refractivity (Wildman–Crippen MR) is 104 cm³/mol. The van der Waals surface area contributed by atoms with Crippen molar-refractivity contribution in [2.45, 2.75) is 4.90 Å². The van der Waals surface area contributed by atoms with Crippen molar-refractivity contribution in [1.29, 1.82) is 0 Å². The largest absolute Gasteiger partial charge is 0.366 e. The van der Waals surface area contributed by atoms with Crippen LogP contribution in [0.4, 0.5) is 10.1 Å². The Morgan fingerprint density at radius 2 is 1.70 bits per heavy atom. The highest BCUT2D eigenvalue weighted by molar-refractivity contribution is 7.90. The molecule has 7 heteroatoms. The lowest BCUT2D eigenvalue weighted by atomic mass is 10.2. The zero-order chi connectivity index (χ0) is 19.4. The molecule has 1 saturated heterocycles. The van der Waals surface area contributed by atoms with E-state index in [0.717, 1.165) is 17.9 Å². The number of carbonyl (C=O) groups is 1. The van der Waals surface area contributed by atoms with Gasteiger partial charge in [0.1, 0.15) is 5.82 Å². The average molecular weight is 388 g/mol. The fraction of sp³-hybridized carbons (Fsp3) is 0.250. The molecule has 1 amide bonds. The minimum Gasteiger partial charge on any atom is -0.366 e. The number of hydrogen-bond donors (Lipinski definition) is 0. The number of halogens is 1. The first-order chi connectivity index (χ1) is 12.8. The molecule has 0 bridgehead atoms. The Bertz CT molecular complexity index is 950. The lowest BCUT2D eigenvalue weighted by Gasteiger charge is -2.35. The van der Waals surface area contributed by atoms with Crippen molar-refractivity contribution in [3.8, 4) is 0 Å². The maximum absolute atomic E-state index is 14.3. The quantitative estimate of drug-likeness (QED) is 0.756. The summed E-state index contributed by atoms with van der Waals surface area (Å²) in [5.74, 6) is -0.645. The minimum atomic E-state index is -3.44. The van der Waals surface area contributed by atoms with Crippen molar-refractivity contribution in [2.24, 2.45) is 0 Å². The molecule has 142 valence electrons. The molecule has 0 aromatic heterocycles. The van der Waals surface area contributed by atoms with Gasteiger partial charge in [0, 0.05) is 38.5 Å². The van der Waals surface area contributed by atoms with E-state index in [2.05, 4.69) is 0 Å². The van der Waals surface area contributed by atoms with Gasteiger partial charge < -0.3 is 9.80 Å². The van der Waals surface area contributed by atoms with Gasteiger partial charge in [-0.05, 0) is 29.8 Å². The monoisotopic (exact) mass is 388 g/mol. The Labute approximate surface area is 158 Å².